The van der Waals surface area contributed by atoms with Crippen LogP contribution < -0.4 is 15.0 Å². The number of piperidine rings is 1. The van der Waals surface area contributed by atoms with Crippen molar-refractivity contribution in [1.29, 1.82) is 0 Å². The number of carbonyl (C=O) groups is 2. The van der Waals surface area contributed by atoms with E-state index in [2.05, 4.69) is 10.4 Å². The number of anilines is 3. The van der Waals surface area contributed by atoms with Crippen LogP contribution in [0.15, 0.2) is 36.5 Å². The molecule has 0 aliphatic carbocycles. The van der Waals surface area contributed by atoms with Crippen LogP contribution in [0.3, 0.4) is 0 Å². The van der Waals surface area contributed by atoms with Crippen LogP contribution in [0.1, 0.15) is 52.5 Å². The molecule has 1 aliphatic rings. The fraction of sp³-hybridized carbons (Fsp3) is 0.500. The lowest BCUT2D eigenvalue weighted by atomic mass is 10.0. The molecule has 0 radical (unpaired) electrons. The summed E-state index contributed by atoms with van der Waals surface area (Å²) in [7, 11) is 0. The van der Waals surface area contributed by atoms with Crippen molar-refractivity contribution in [2.24, 2.45) is 0 Å². The summed E-state index contributed by atoms with van der Waals surface area (Å²) >= 11 is 0. The molecule has 1 aliphatic heterocycles. The highest BCUT2D eigenvalue weighted by atomic mass is 16.6. The Bertz CT molecular complexity index is 1320. The number of nitrogens with zero attached hydrogens (tertiary/aromatic N) is 5. The minimum Gasteiger partial charge on any atom is -0.494 e. The van der Waals surface area contributed by atoms with Crippen molar-refractivity contribution in [3.8, 4) is 5.75 Å². The molecule has 1 atom stereocenters. The van der Waals surface area contributed by atoms with Gasteiger partial charge in [-0.05, 0) is 77.6 Å². The number of likely N-dealkylation sites (tertiary alicyclic amines) is 1. The summed E-state index contributed by atoms with van der Waals surface area (Å²) < 4.78 is 13.0. The Morgan fingerprint density at radius 3 is 2.60 bits per heavy atom. The Balaban J connectivity index is 1.87. The summed E-state index contributed by atoms with van der Waals surface area (Å²) in [6.45, 7) is 8.53. The molecule has 0 spiro atoms. The second kappa shape index (κ2) is 12.4. The van der Waals surface area contributed by atoms with E-state index in [4.69, 9.17) is 14.5 Å². The highest BCUT2D eigenvalue weighted by Gasteiger charge is 2.32. The number of hydrogen-bond donors (Lipinski definition) is 3. The molecule has 1 saturated heterocycles. The lowest BCUT2D eigenvalue weighted by Crippen LogP contribution is -2.44. The normalized spacial score (nSPS) is 15.6. The summed E-state index contributed by atoms with van der Waals surface area (Å²) in [5, 5.41) is 27.2. The van der Waals surface area contributed by atoms with Gasteiger partial charge in [0.1, 0.15) is 17.2 Å². The molecule has 4 rings (SSSR count). The van der Waals surface area contributed by atoms with Crippen molar-refractivity contribution in [2.45, 2.75) is 65.0 Å². The summed E-state index contributed by atoms with van der Waals surface area (Å²) in [5.41, 5.74) is 0.908. The summed E-state index contributed by atoms with van der Waals surface area (Å²) in [6, 6.07) is 8.68. The summed E-state index contributed by atoms with van der Waals surface area (Å²) in [6.07, 6.45) is 2.30. The summed E-state index contributed by atoms with van der Waals surface area (Å²) in [5.74, 6) is 1.60. The van der Waals surface area contributed by atoms with Crippen molar-refractivity contribution in [3.05, 3.63) is 42.1 Å². The first-order chi connectivity index (χ1) is 19.1. The fourth-order valence-corrected chi connectivity index (χ4v) is 4.74. The van der Waals surface area contributed by atoms with Gasteiger partial charge in [0.05, 0.1) is 18.5 Å². The monoisotopic (exact) mass is 554 g/mol. The molecule has 2 aromatic heterocycles. The maximum atomic E-state index is 13.9. The van der Waals surface area contributed by atoms with Gasteiger partial charge >= 0.3 is 12.2 Å². The largest absolute Gasteiger partial charge is 0.494 e. The Labute approximate surface area is 233 Å². The third kappa shape index (κ3) is 6.74. The molecule has 12 nitrogen and oxygen atoms in total. The standard InChI is InChI=1S/C28H38N6O6/c1-5-39-21-12-10-20(11-13-21)33(27(38)40-28(2,3)4)25-22(9-7-17-35)24(31-23-14-15-29-34(23)25)30-19-8-6-16-32(18-19)26(36)37/h10-15,19,35H,5-9,16-18H2,1-4H3,(H,30,31)(H,36,37). The van der Waals surface area contributed by atoms with Crippen LogP contribution in [-0.2, 0) is 11.2 Å². The predicted octanol–water partition coefficient (Wildman–Crippen LogP) is 4.68. The highest BCUT2D eigenvalue weighted by Crippen LogP contribution is 2.36. The number of ether oxygens (including phenoxy) is 2. The molecule has 2 amide bonds. The first-order valence-electron chi connectivity index (χ1n) is 13.6. The number of carbonyl (C=O) groups excluding carboxylic acids is 1. The van der Waals surface area contributed by atoms with E-state index in [-0.39, 0.29) is 12.6 Å². The third-order valence-electron chi connectivity index (χ3n) is 6.42. The van der Waals surface area contributed by atoms with Crippen LogP contribution >= 0.6 is 0 Å². The van der Waals surface area contributed by atoms with E-state index in [1.807, 2.05) is 6.92 Å². The topological polar surface area (TPSA) is 142 Å². The van der Waals surface area contributed by atoms with Crippen LogP contribution in [0.4, 0.5) is 26.9 Å². The third-order valence-corrected chi connectivity index (χ3v) is 6.42. The Hall–Kier alpha value is -4.06. The number of carboxylic acid groups (broad SMARTS) is 1. The van der Waals surface area contributed by atoms with E-state index in [0.717, 1.165) is 6.42 Å². The zero-order valence-corrected chi connectivity index (χ0v) is 23.5. The van der Waals surface area contributed by atoms with E-state index in [0.29, 0.717) is 73.2 Å². The lowest BCUT2D eigenvalue weighted by molar-refractivity contribution is 0.0597. The van der Waals surface area contributed by atoms with Crippen molar-refractivity contribution in [3.63, 3.8) is 0 Å². The second-order valence-electron chi connectivity index (χ2n) is 10.6. The van der Waals surface area contributed by atoms with Crippen molar-refractivity contribution >= 4 is 35.2 Å². The van der Waals surface area contributed by atoms with Gasteiger partial charge in [-0.3, -0.25) is 0 Å². The maximum Gasteiger partial charge on any atom is 0.420 e. The van der Waals surface area contributed by atoms with Crippen molar-refractivity contribution < 1.29 is 29.3 Å². The second-order valence-corrected chi connectivity index (χ2v) is 10.6. The molecule has 40 heavy (non-hydrogen) atoms. The molecule has 0 saturated carbocycles. The first-order valence-corrected chi connectivity index (χ1v) is 13.6. The molecule has 1 aromatic carbocycles. The number of fused-ring (bicyclic) bond motifs is 1. The molecule has 0 bridgehead atoms. The minimum absolute atomic E-state index is 0.0677. The number of rotatable bonds is 9. The van der Waals surface area contributed by atoms with Gasteiger partial charge in [-0.15, -0.1) is 0 Å². The number of aliphatic hydroxyl groups is 1. The van der Waals surface area contributed by atoms with E-state index < -0.39 is 17.8 Å². The molecule has 3 aromatic rings. The van der Waals surface area contributed by atoms with Crippen LogP contribution in [0.2, 0.25) is 0 Å². The van der Waals surface area contributed by atoms with Crippen molar-refractivity contribution in [2.75, 3.05) is 36.5 Å². The maximum absolute atomic E-state index is 13.9. The van der Waals surface area contributed by atoms with Gasteiger partial charge in [-0.25, -0.2) is 19.5 Å². The van der Waals surface area contributed by atoms with Gasteiger partial charge in [0.25, 0.3) is 0 Å². The molecule has 216 valence electrons. The number of amides is 2. The van der Waals surface area contributed by atoms with Crippen LogP contribution in [0.25, 0.3) is 5.65 Å². The van der Waals surface area contributed by atoms with Gasteiger partial charge in [0.2, 0.25) is 0 Å². The molecular formula is C28H38N6O6. The van der Waals surface area contributed by atoms with Crippen LogP contribution in [0, 0.1) is 0 Å². The van der Waals surface area contributed by atoms with Crippen LogP contribution in [0.5, 0.6) is 5.75 Å². The predicted molar refractivity (Wildman–Crippen MR) is 151 cm³/mol. The fourth-order valence-electron chi connectivity index (χ4n) is 4.74. The van der Waals surface area contributed by atoms with Gasteiger partial charge in [0.15, 0.2) is 11.5 Å². The van der Waals surface area contributed by atoms with E-state index in [9.17, 15) is 19.8 Å². The average molecular weight is 555 g/mol. The molecule has 1 unspecified atom stereocenters. The highest BCUT2D eigenvalue weighted by molar-refractivity contribution is 5.97. The molecule has 3 heterocycles. The number of aliphatic hydroxyl groups excluding tert-OH is 1. The molecular weight excluding hydrogens is 516 g/mol. The lowest BCUT2D eigenvalue weighted by Gasteiger charge is -2.33. The molecule has 12 heteroatoms. The zero-order chi connectivity index (χ0) is 28.9. The quantitative estimate of drug-likeness (QED) is 0.344. The molecule has 3 N–H and O–H groups in total. The van der Waals surface area contributed by atoms with Gasteiger partial charge in [0, 0.05) is 37.4 Å². The van der Waals surface area contributed by atoms with E-state index in [1.54, 1.807) is 61.8 Å². The number of aromatic nitrogens is 3. The van der Waals surface area contributed by atoms with Gasteiger partial charge in [-0.2, -0.15) is 9.61 Å². The number of nitrogens with one attached hydrogen (secondary N) is 1. The SMILES string of the molecule is CCOc1ccc(N(C(=O)OC(C)(C)C)c2c(CCCO)c(NC3CCCN(C(=O)O)C3)nc3ccnn23)cc1. The van der Waals surface area contributed by atoms with Gasteiger partial charge < -0.3 is 29.9 Å². The van der Waals surface area contributed by atoms with Gasteiger partial charge in [-0.1, -0.05) is 0 Å². The van der Waals surface area contributed by atoms with Crippen molar-refractivity contribution in [1.82, 2.24) is 19.5 Å². The average Bonchev–Trinajstić information content (AvgIpc) is 3.37. The zero-order valence-electron chi connectivity index (χ0n) is 23.5. The number of hydrogen-bond acceptors (Lipinski definition) is 8. The Morgan fingerprint density at radius 1 is 1.20 bits per heavy atom. The first kappa shape index (κ1) is 28.9. The van der Waals surface area contributed by atoms with E-state index in [1.165, 1.54) is 9.80 Å². The Kier molecular flexibility index (Phi) is 8.98. The Morgan fingerprint density at radius 2 is 1.95 bits per heavy atom. The molecule has 1 fully saturated rings. The number of benzene rings is 1. The summed E-state index contributed by atoms with van der Waals surface area (Å²) in [4.78, 5) is 33.1. The van der Waals surface area contributed by atoms with Crippen LogP contribution in [-0.4, -0.2) is 79.8 Å². The smallest absolute Gasteiger partial charge is 0.420 e. The minimum atomic E-state index is -0.960. The van der Waals surface area contributed by atoms with E-state index >= 15 is 0 Å².